The summed E-state index contributed by atoms with van der Waals surface area (Å²) in [6, 6.07) is 12.8. The van der Waals surface area contributed by atoms with Crippen molar-refractivity contribution < 1.29 is 23.8 Å². The van der Waals surface area contributed by atoms with Gasteiger partial charge in [-0.2, -0.15) is 0 Å². The first-order valence-corrected chi connectivity index (χ1v) is 15.3. The van der Waals surface area contributed by atoms with Crippen LogP contribution in [0.1, 0.15) is 59.4 Å². The first-order valence-electron chi connectivity index (χ1n) is 15.3. The van der Waals surface area contributed by atoms with Gasteiger partial charge < -0.3 is 29.0 Å². The fourth-order valence-corrected chi connectivity index (χ4v) is 5.67. The van der Waals surface area contributed by atoms with Gasteiger partial charge in [-0.05, 0) is 75.1 Å². The molecule has 2 amide bonds. The smallest absolute Gasteiger partial charge is 0.255 e. The van der Waals surface area contributed by atoms with Crippen molar-refractivity contribution in [1.82, 2.24) is 19.7 Å². The Morgan fingerprint density at radius 1 is 0.932 bits per heavy atom. The SMILES string of the molecule is COc1ccc2cc1-c1cc3c(c(c1)OCCCN(C(=O)c1ccc(=O)n(C)c1)CCCCNC2=O)OCCN(C(C)C)C3. The number of pyridine rings is 1. The summed E-state index contributed by atoms with van der Waals surface area (Å²) >= 11 is 0. The van der Waals surface area contributed by atoms with Crippen LogP contribution < -0.4 is 25.1 Å². The normalized spacial score (nSPS) is 16.6. The van der Waals surface area contributed by atoms with Gasteiger partial charge in [-0.1, -0.05) is 0 Å². The van der Waals surface area contributed by atoms with E-state index in [-0.39, 0.29) is 17.4 Å². The molecule has 44 heavy (non-hydrogen) atoms. The number of carbonyl (C=O) groups is 2. The molecule has 3 aromatic rings. The average Bonchev–Trinajstić information content (AvgIpc) is 3.25. The molecular formula is C34H42N4O6. The van der Waals surface area contributed by atoms with Gasteiger partial charge in [0.2, 0.25) is 5.56 Å². The number of nitrogens with one attached hydrogen (secondary N) is 1. The summed E-state index contributed by atoms with van der Waals surface area (Å²) in [4.78, 5) is 42.7. The first-order chi connectivity index (χ1) is 21.2. The molecule has 234 valence electrons. The summed E-state index contributed by atoms with van der Waals surface area (Å²) < 4.78 is 19.8. The molecule has 1 aromatic heterocycles. The van der Waals surface area contributed by atoms with Crippen molar-refractivity contribution >= 4 is 11.8 Å². The molecule has 0 spiro atoms. The Bertz CT molecular complexity index is 1570. The number of amides is 2. The second-order valence-electron chi connectivity index (χ2n) is 11.6. The minimum absolute atomic E-state index is 0.140. The van der Waals surface area contributed by atoms with E-state index in [0.717, 1.165) is 29.0 Å². The van der Waals surface area contributed by atoms with Crippen molar-refractivity contribution in [3.05, 3.63) is 75.7 Å². The zero-order valence-electron chi connectivity index (χ0n) is 26.1. The van der Waals surface area contributed by atoms with Crippen LogP contribution in [0.15, 0.2) is 53.5 Å². The molecule has 1 N–H and O–H groups in total. The third kappa shape index (κ3) is 7.07. The summed E-state index contributed by atoms with van der Waals surface area (Å²) in [7, 11) is 3.26. The molecule has 0 atom stereocenters. The molecule has 4 bridgehead atoms. The van der Waals surface area contributed by atoms with Crippen LogP contribution in [0.5, 0.6) is 17.2 Å². The van der Waals surface area contributed by atoms with Crippen LogP contribution in [0.25, 0.3) is 11.1 Å². The fraction of sp³-hybridized carbons (Fsp3) is 0.441. The van der Waals surface area contributed by atoms with Gasteiger partial charge in [0.1, 0.15) is 12.4 Å². The topological polar surface area (TPSA) is 102 Å². The third-order valence-electron chi connectivity index (χ3n) is 8.22. The van der Waals surface area contributed by atoms with Gasteiger partial charge in [-0.15, -0.1) is 0 Å². The minimum atomic E-state index is -0.170. The standard InChI is InChI=1S/C34H42N4O6/c1-23(2)38-15-17-44-32-27(22-38)18-26-20-30(32)43-16-7-14-37(34(41)25-9-11-31(39)36(3)21-25)13-6-5-12-35-33(40)24-8-10-29(42-4)28(26)19-24/h8-11,18-21,23H,5-7,12-17,22H2,1-4H3,(H,35,40). The number of ether oxygens (including phenoxy) is 3. The van der Waals surface area contributed by atoms with Crippen LogP contribution in [0.2, 0.25) is 0 Å². The Balaban J connectivity index is 1.49. The number of rotatable bonds is 3. The summed E-state index contributed by atoms with van der Waals surface area (Å²) in [5.74, 6) is 1.70. The summed E-state index contributed by atoms with van der Waals surface area (Å²) in [5.41, 5.74) is 3.50. The van der Waals surface area contributed by atoms with Gasteiger partial charge >= 0.3 is 0 Å². The van der Waals surface area contributed by atoms with Crippen molar-refractivity contribution in [2.45, 2.75) is 45.7 Å². The highest BCUT2D eigenvalue weighted by Crippen LogP contribution is 2.41. The zero-order valence-corrected chi connectivity index (χ0v) is 26.1. The monoisotopic (exact) mass is 602 g/mol. The van der Waals surface area contributed by atoms with Gasteiger partial charge in [0.05, 0.1) is 19.3 Å². The molecule has 2 aliphatic heterocycles. The van der Waals surface area contributed by atoms with Crippen LogP contribution in [0.4, 0.5) is 0 Å². The van der Waals surface area contributed by atoms with Crippen LogP contribution in [-0.2, 0) is 13.6 Å². The maximum absolute atomic E-state index is 13.5. The van der Waals surface area contributed by atoms with E-state index in [2.05, 4.69) is 30.1 Å². The molecule has 0 saturated heterocycles. The Morgan fingerprint density at radius 3 is 2.52 bits per heavy atom. The predicted octanol–water partition coefficient (Wildman–Crippen LogP) is 4.10. The largest absolute Gasteiger partial charge is 0.496 e. The Hall–Kier alpha value is -4.31. The minimum Gasteiger partial charge on any atom is -0.496 e. The number of hydrogen-bond acceptors (Lipinski definition) is 7. The number of fused-ring (bicyclic) bond motifs is 7. The van der Waals surface area contributed by atoms with Gasteiger partial charge in [0.25, 0.3) is 11.8 Å². The van der Waals surface area contributed by atoms with Crippen LogP contribution in [-0.4, -0.2) is 78.7 Å². The molecule has 5 rings (SSSR count). The van der Waals surface area contributed by atoms with Gasteiger partial charge in [0.15, 0.2) is 11.5 Å². The van der Waals surface area contributed by atoms with E-state index >= 15 is 0 Å². The number of aromatic nitrogens is 1. The number of hydrogen-bond donors (Lipinski definition) is 1. The number of methoxy groups -OCH3 is 1. The van der Waals surface area contributed by atoms with Crippen LogP contribution in [0, 0.1) is 0 Å². The van der Waals surface area contributed by atoms with Gasteiger partial charge in [0, 0.05) is 74.8 Å². The van der Waals surface area contributed by atoms with E-state index in [1.54, 1.807) is 37.4 Å². The second-order valence-corrected chi connectivity index (χ2v) is 11.6. The van der Waals surface area contributed by atoms with E-state index in [9.17, 15) is 14.4 Å². The molecular weight excluding hydrogens is 560 g/mol. The lowest BCUT2D eigenvalue weighted by Gasteiger charge is -2.24. The molecule has 10 heteroatoms. The highest BCUT2D eigenvalue weighted by molar-refractivity contribution is 5.96. The van der Waals surface area contributed by atoms with Crippen molar-refractivity contribution in [3.63, 3.8) is 0 Å². The maximum Gasteiger partial charge on any atom is 0.255 e. The molecule has 2 aromatic carbocycles. The van der Waals surface area contributed by atoms with Crippen molar-refractivity contribution in [3.8, 4) is 28.4 Å². The summed E-state index contributed by atoms with van der Waals surface area (Å²) in [6.45, 7) is 8.23. The van der Waals surface area contributed by atoms with E-state index < -0.39 is 0 Å². The van der Waals surface area contributed by atoms with Gasteiger partial charge in [-0.25, -0.2) is 0 Å². The molecule has 3 heterocycles. The Labute approximate surface area is 258 Å². The van der Waals surface area contributed by atoms with E-state index in [0.29, 0.717) is 87.3 Å². The quantitative estimate of drug-likeness (QED) is 0.482. The molecule has 0 saturated carbocycles. The van der Waals surface area contributed by atoms with E-state index in [4.69, 9.17) is 14.2 Å². The number of aryl methyl sites for hydroxylation is 1. The number of carbonyl (C=O) groups excluding carboxylic acids is 2. The highest BCUT2D eigenvalue weighted by Gasteiger charge is 2.24. The molecule has 0 radical (unpaired) electrons. The van der Waals surface area contributed by atoms with Crippen molar-refractivity contribution in [1.29, 1.82) is 0 Å². The summed E-state index contributed by atoms with van der Waals surface area (Å²) in [6.07, 6.45) is 3.59. The van der Waals surface area contributed by atoms with E-state index in [1.807, 2.05) is 18.2 Å². The molecule has 0 unspecified atom stereocenters. The van der Waals surface area contributed by atoms with Crippen molar-refractivity contribution in [2.75, 3.05) is 46.5 Å². The van der Waals surface area contributed by atoms with E-state index in [1.165, 1.54) is 10.6 Å². The van der Waals surface area contributed by atoms with Crippen molar-refractivity contribution in [2.24, 2.45) is 7.05 Å². The number of benzene rings is 2. The second kappa shape index (κ2) is 14.0. The molecule has 2 aliphatic rings. The lowest BCUT2D eigenvalue weighted by Crippen LogP contribution is -2.35. The average molecular weight is 603 g/mol. The van der Waals surface area contributed by atoms with Crippen LogP contribution >= 0.6 is 0 Å². The molecule has 0 fully saturated rings. The predicted molar refractivity (Wildman–Crippen MR) is 169 cm³/mol. The Kier molecular flexibility index (Phi) is 9.89. The maximum atomic E-state index is 13.5. The Morgan fingerprint density at radius 2 is 1.75 bits per heavy atom. The fourth-order valence-electron chi connectivity index (χ4n) is 5.67. The first kappa shape index (κ1) is 31.1. The summed E-state index contributed by atoms with van der Waals surface area (Å²) in [5, 5.41) is 3.02. The van der Waals surface area contributed by atoms with Gasteiger partial charge in [-0.3, -0.25) is 19.3 Å². The lowest BCUT2D eigenvalue weighted by molar-refractivity contribution is 0.0741. The third-order valence-corrected chi connectivity index (χ3v) is 8.22. The highest BCUT2D eigenvalue weighted by atomic mass is 16.5. The molecule has 0 aliphatic carbocycles. The number of nitrogens with zero attached hydrogens (tertiary/aromatic N) is 3. The molecule has 10 nitrogen and oxygen atoms in total. The van der Waals surface area contributed by atoms with Crippen LogP contribution in [0.3, 0.4) is 0 Å². The zero-order chi connectivity index (χ0) is 31.2. The lowest BCUT2D eigenvalue weighted by atomic mass is 9.98.